The molecule has 1 atom stereocenters. The molecule has 0 spiro atoms. The van der Waals surface area contributed by atoms with Gasteiger partial charge in [-0.3, -0.25) is 4.79 Å². The van der Waals surface area contributed by atoms with Gasteiger partial charge in [0.1, 0.15) is 18.4 Å². The zero-order chi connectivity index (χ0) is 19.4. The second kappa shape index (κ2) is 8.27. The summed E-state index contributed by atoms with van der Waals surface area (Å²) in [5.74, 6) is -0.551. The molecule has 26 heavy (non-hydrogen) atoms. The molecule has 0 amide bonds. The van der Waals surface area contributed by atoms with Gasteiger partial charge in [-0.15, -0.1) is 0 Å². The first kappa shape index (κ1) is 19.8. The fourth-order valence-corrected chi connectivity index (χ4v) is 3.25. The summed E-state index contributed by atoms with van der Waals surface area (Å²) >= 11 is 0. The number of Topliss-reactive ketones (excluding diaryl/α,β-unsaturated/α-hetero) is 1. The number of ketones is 1. The summed E-state index contributed by atoms with van der Waals surface area (Å²) in [4.78, 5) is 27.6. The van der Waals surface area contributed by atoms with Crippen LogP contribution >= 0.6 is 0 Å². The minimum Gasteiger partial charge on any atom is -0.465 e. The fourth-order valence-electron chi connectivity index (χ4n) is 3.25. The SMILES string of the molecule is COC(=O)c1c(C)[nH]c(C(=O)C[NH2+][C@H](c2ccc(F)cc2)C(C)C)c1C. The van der Waals surface area contributed by atoms with Crippen molar-refractivity contribution in [2.45, 2.75) is 33.7 Å². The highest BCUT2D eigenvalue weighted by atomic mass is 19.1. The molecule has 1 aromatic carbocycles. The zero-order valence-electron chi connectivity index (χ0n) is 15.9. The molecule has 3 N–H and O–H groups in total. The van der Waals surface area contributed by atoms with Crippen molar-refractivity contribution < 1.29 is 24.0 Å². The number of nitrogens with one attached hydrogen (secondary N) is 1. The zero-order valence-corrected chi connectivity index (χ0v) is 15.9. The predicted octanol–water partition coefficient (Wildman–Crippen LogP) is 2.70. The quantitative estimate of drug-likeness (QED) is 0.588. The molecule has 0 aliphatic rings. The van der Waals surface area contributed by atoms with Crippen LogP contribution in [0.4, 0.5) is 4.39 Å². The van der Waals surface area contributed by atoms with E-state index in [4.69, 9.17) is 4.74 Å². The van der Waals surface area contributed by atoms with E-state index in [0.29, 0.717) is 22.5 Å². The van der Waals surface area contributed by atoms with Crippen molar-refractivity contribution >= 4 is 11.8 Å². The van der Waals surface area contributed by atoms with Crippen molar-refractivity contribution in [3.63, 3.8) is 0 Å². The van der Waals surface area contributed by atoms with Crippen LogP contribution in [-0.4, -0.2) is 30.4 Å². The summed E-state index contributed by atoms with van der Waals surface area (Å²) in [7, 11) is 1.32. The number of aromatic amines is 1. The highest BCUT2D eigenvalue weighted by molar-refractivity contribution is 6.01. The van der Waals surface area contributed by atoms with Crippen LogP contribution in [-0.2, 0) is 4.74 Å². The number of methoxy groups -OCH3 is 1. The lowest BCUT2D eigenvalue weighted by atomic mass is 9.95. The minimum atomic E-state index is -0.453. The number of nitrogens with two attached hydrogens (primary N) is 1. The van der Waals surface area contributed by atoms with Gasteiger partial charge in [0.25, 0.3) is 0 Å². The summed E-state index contributed by atoms with van der Waals surface area (Å²) in [6.07, 6.45) is 0. The lowest BCUT2D eigenvalue weighted by Gasteiger charge is -2.19. The van der Waals surface area contributed by atoms with Gasteiger partial charge in [0.05, 0.1) is 18.4 Å². The molecule has 0 aliphatic heterocycles. The molecule has 0 bridgehead atoms. The Morgan fingerprint density at radius 1 is 1.19 bits per heavy atom. The number of benzene rings is 1. The van der Waals surface area contributed by atoms with Gasteiger partial charge < -0.3 is 15.0 Å². The van der Waals surface area contributed by atoms with Gasteiger partial charge in [0.15, 0.2) is 0 Å². The summed E-state index contributed by atoms with van der Waals surface area (Å²) < 4.78 is 17.9. The Morgan fingerprint density at radius 2 is 1.81 bits per heavy atom. The Bertz CT molecular complexity index is 794. The topological polar surface area (TPSA) is 75.8 Å². The standard InChI is InChI=1S/C20H25FN2O3/c1-11(2)18(14-6-8-15(21)9-7-14)22-10-16(24)19-12(3)17(13(4)23-19)20(25)26-5/h6-9,11,18,22-23H,10H2,1-5H3/p+1/t18-/m0/s1. The number of ether oxygens (including phenoxy) is 1. The molecule has 1 heterocycles. The van der Waals surface area contributed by atoms with E-state index in [9.17, 15) is 14.0 Å². The van der Waals surface area contributed by atoms with Crippen LogP contribution in [0, 0.1) is 25.6 Å². The molecule has 0 saturated carbocycles. The fraction of sp³-hybridized carbons (Fsp3) is 0.400. The maximum Gasteiger partial charge on any atom is 0.339 e. The van der Waals surface area contributed by atoms with Crippen molar-refractivity contribution in [3.8, 4) is 0 Å². The number of H-pyrrole nitrogens is 1. The maximum absolute atomic E-state index is 13.2. The van der Waals surface area contributed by atoms with Gasteiger partial charge in [-0.1, -0.05) is 26.0 Å². The Kier molecular flexibility index (Phi) is 6.32. The van der Waals surface area contributed by atoms with E-state index in [0.717, 1.165) is 5.56 Å². The molecule has 2 aromatic rings. The molecule has 0 fully saturated rings. The highest BCUT2D eigenvalue weighted by Gasteiger charge is 2.25. The van der Waals surface area contributed by atoms with Crippen LogP contribution in [0.5, 0.6) is 0 Å². The number of carbonyl (C=O) groups excluding carboxylic acids is 2. The van der Waals surface area contributed by atoms with Crippen molar-refractivity contribution in [1.29, 1.82) is 0 Å². The third-order valence-electron chi connectivity index (χ3n) is 4.64. The van der Waals surface area contributed by atoms with Crippen LogP contribution in [0.25, 0.3) is 0 Å². The van der Waals surface area contributed by atoms with Gasteiger partial charge in [-0.25, -0.2) is 9.18 Å². The number of esters is 1. The molecule has 6 heteroatoms. The van der Waals surface area contributed by atoms with Crippen LogP contribution < -0.4 is 5.32 Å². The number of aryl methyl sites for hydroxylation is 1. The lowest BCUT2D eigenvalue weighted by molar-refractivity contribution is -0.691. The predicted molar refractivity (Wildman–Crippen MR) is 96.7 cm³/mol. The average Bonchev–Trinajstić information content (AvgIpc) is 2.90. The molecule has 1 aromatic heterocycles. The van der Waals surface area contributed by atoms with E-state index < -0.39 is 5.97 Å². The van der Waals surface area contributed by atoms with Crippen LogP contribution in [0.2, 0.25) is 0 Å². The van der Waals surface area contributed by atoms with E-state index in [2.05, 4.69) is 18.8 Å². The molecular formula is C20H26FN2O3+. The van der Waals surface area contributed by atoms with E-state index in [1.54, 1.807) is 26.0 Å². The number of quaternary nitrogens is 1. The summed E-state index contributed by atoms with van der Waals surface area (Å²) in [5, 5.41) is 1.95. The van der Waals surface area contributed by atoms with Gasteiger partial charge in [-0.05, 0) is 31.5 Å². The van der Waals surface area contributed by atoms with Gasteiger partial charge >= 0.3 is 5.97 Å². The number of carbonyl (C=O) groups is 2. The van der Waals surface area contributed by atoms with E-state index >= 15 is 0 Å². The van der Waals surface area contributed by atoms with Crippen molar-refractivity contribution in [2.75, 3.05) is 13.7 Å². The number of halogens is 1. The van der Waals surface area contributed by atoms with E-state index in [1.807, 2.05) is 5.32 Å². The summed E-state index contributed by atoms with van der Waals surface area (Å²) in [6.45, 7) is 7.84. The normalized spacial score (nSPS) is 12.3. The maximum atomic E-state index is 13.2. The van der Waals surface area contributed by atoms with E-state index in [1.165, 1.54) is 19.2 Å². The highest BCUT2D eigenvalue weighted by Crippen LogP contribution is 2.20. The molecule has 0 saturated heterocycles. The molecule has 0 radical (unpaired) electrons. The van der Waals surface area contributed by atoms with E-state index in [-0.39, 0.29) is 30.1 Å². The van der Waals surface area contributed by atoms with Gasteiger partial charge in [0.2, 0.25) is 5.78 Å². The Labute approximate surface area is 152 Å². The Morgan fingerprint density at radius 3 is 2.35 bits per heavy atom. The molecule has 2 rings (SSSR count). The average molecular weight is 361 g/mol. The summed E-state index contributed by atoms with van der Waals surface area (Å²) in [6, 6.07) is 6.40. The largest absolute Gasteiger partial charge is 0.465 e. The molecule has 5 nitrogen and oxygen atoms in total. The first-order chi connectivity index (χ1) is 12.3. The molecular weight excluding hydrogens is 335 g/mol. The minimum absolute atomic E-state index is 0.0380. The van der Waals surface area contributed by atoms with Crippen LogP contribution in [0.1, 0.15) is 57.6 Å². The first-order valence-corrected chi connectivity index (χ1v) is 8.65. The molecule has 0 aliphatic carbocycles. The third-order valence-corrected chi connectivity index (χ3v) is 4.64. The van der Waals surface area contributed by atoms with Crippen molar-refractivity contribution in [2.24, 2.45) is 5.92 Å². The number of hydrogen-bond donors (Lipinski definition) is 2. The number of rotatable bonds is 7. The van der Waals surface area contributed by atoms with Crippen LogP contribution in [0.3, 0.4) is 0 Å². The number of aromatic nitrogens is 1. The van der Waals surface area contributed by atoms with Crippen molar-refractivity contribution in [3.05, 3.63) is 58.2 Å². The smallest absolute Gasteiger partial charge is 0.339 e. The monoisotopic (exact) mass is 361 g/mol. The lowest BCUT2D eigenvalue weighted by Crippen LogP contribution is -2.87. The molecule has 0 unspecified atom stereocenters. The second-order valence-electron chi connectivity index (χ2n) is 6.80. The van der Waals surface area contributed by atoms with Crippen LogP contribution in [0.15, 0.2) is 24.3 Å². The van der Waals surface area contributed by atoms with Gasteiger partial charge in [-0.2, -0.15) is 0 Å². The first-order valence-electron chi connectivity index (χ1n) is 8.65. The Hall–Kier alpha value is -2.47. The Balaban J connectivity index is 2.16. The number of hydrogen-bond acceptors (Lipinski definition) is 3. The van der Waals surface area contributed by atoms with Gasteiger partial charge in [0, 0.05) is 17.2 Å². The third kappa shape index (κ3) is 4.19. The molecule has 140 valence electrons. The summed E-state index contributed by atoms with van der Waals surface area (Å²) in [5.41, 5.74) is 3.05. The second-order valence-corrected chi connectivity index (χ2v) is 6.80. The van der Waals surface area contributed by atoms with Crippen molar-refractivity contribution in [1.82, 2.24) is 4.98 Å².